The summed E-state index contributed by atoms with van der Waals surface area (Å²) in [5, 5.41) is 3.70. The highest BCUT2D eigenvalue weighted by Crippen LogP contribution is 2.30. The molecule has 0 radical (unpaired) electrons. The summed E-state index contributed by atoms with van der Waals surface area (Å²) < 4.78 is 22.4. The van der Waals surface area contributed by atoms with Crippen LogP contribution in [0.15, 0.2) is 95.9 Å². The molecule has 0 saturated heterocycles. The van der Waals surface area contributed by atoms with Gasteiger partial charge in [0.15, 0.2) is 0 Å². The van der Waals surface area contributed by atoms with E-state index in [2.05, 4.69) is 53.5 Å². The molecule has 212 valence electrons. The van der Waals surface area contributed by atoms with E-state index >= 15 is 0 Å². The Labute approximate surface area is 239 Å². The highest BCUT2D eigenvalue weighted by molar-refractivity contribution is 5.35. The highest BCUT2D eigenvalue weighted by Gasteiger charge is 2.16. The smallest absolute Gasteiger partial charge is 0.141 e. The molecule has 0 heterocycles. The molecule has 1 saturated carbocycles. The van der Waals surface area contributed by atoms with Crippen LogP contribution in [-0.2, 0) is 24.2 Å². The number of hydrogen-bond acceptors (Lipinski definition) is 6. The zero-order valence-electron chi connectivity index (χ0n) is 24.2. The Hall–Kier alpha value is -3.90. The zero-order valence-corrected chi connectivity index (χ0v) is 24.2. The van der Waals surface area contributed by atoms with Gasteiger partial charge in [-0.2, -0.15) is 0 Å². The summed E-state index contributed by atoms with van der Waals surface area (Å²) in [6.07, 6.45) is 6.40. The van der Waals surface area contributed by atoms with E-state index in [-0.39, 0.29) is 0 Å². The standard InChI is InChI=1S/C34H42N2O4/c1-26(34(30-10-7-11-30)35-19-18-27-14-16-31(37-2)17-15-27)24-40-25-36(22-28-8-5-12-32(20-28)38-3)23-29-9-6-13-33(21-29)39-4/h5-6,8-9,12-17,20-21,24,35H,7,10-11,18-19,22-23,25H2,1-4H3/b26-24+. The first kappa shape index (κ1) is 29.1. The number of benzene rings is 3. The van der Waals surface area contributed by atoms with E-state index in [1.165, 1.54) is 34.4 Å². The molecule has 0 spiro atoms. The fourth-order valence-corrected chi connectivity index (χ4v) is 4.80. The van der Waals surface area contributed by atoms with Crippen molar-refractivity contribution < 1.29 is 18.9 Å². The van der Waals surface area contributed by atoms with Gasteiger partial charge in [0, 0.05) is 30.9 Å². The second-order valence-corrected chi connectivity index (χ2v) is 10.1. The molecule has 4 rings (SSSR count). The first-order valence-electron chi connectivity index (χ1n) is 13.9. The molecule has 3 aromatic rings. The summed E-state index contributed by atoms with van der Waals surface area (Å²) in [5.41, 5.74) is 7.47. The van der Waals surface area contributed by atoms with Gasteiger partial charge in [0.25, 0.3) is 0 Å². The SMILES string of the molecule is COc1ccc(CCNC(=C2CCC2)/C(C)=C/OCN(Cc2cccc(OC)c2)Cc2cccc(OC)c2)cc1. The minimum Gasteiger partial charge on any atom is -0.497 e. The molecule has 0 atom stereocenters. The second kappa shape index (κ2) is 15.0. The van der Waals surface area contributed by atoms with Crippen molar-refractivity contribution in [2.24, 2.45) is 0 Å². The van der Waals surface area contributed by atoms with E-state index in [0.717, 1.165) is 61.7 Å². The van der Waals surface area contributed by atoms with Crippen molar-refractivity contribution in [3.05, 3.63) is 113 Å². The van der Waals surface area contributed by atoms with Crippen molar-refractivity contribution in [2.45, 2.75) is 45.7 Å². The van der Waals surface area contributed by atoms with E-state index in [1.54, 1.807) is 21.3 Å². The maximum Gasteiger partial charge on any atom is 0.141 e. The minimum atomic E-state index is 0.459. The molecule has 0 aliphatic heterocycles. The molecule has 0 amide bonds. The third-order valence-electron chi connectivity index (χ3n) is 7.18. The molecule has 0 bridgehead atoms. The molecule has 1 N–H and O–H groups in total. The van der Waals surface area contributed by atoms with Crippen LogP contribution in [0.2, 0.25) is 0 Å². The average molecular weight is 543 g/mol. The van der Waals surface area contributed by atoms with Crippen molar-refractivity contribution in [3.8, 4) is 17.2 Å². The monoisotopic (exact) mass is 542 g/mol. The molecule has 0 aromatic heterocycles. The number of methoxy groups -OCH3 is 3. The molecule has 6 heteroatoms. The number of nitrogens with one attached hydrogen (secondary N) is 1. The van der Waals surface area contributed by atoms with Gasteiger partial charge in [0.05, 0.1) is 27.6 Å². The van der Waals surface area contributed by atoms with Crippen LogP contribution >= 0.6 is 0 Å². The Kier molecular flexibility index (Phi) is 10.9. The molecule has 0 unspecified atom stereocenters. The van der Waals surface area contributed by atoms with Gasteiger partial charge in [-0.15, -0.1) is 0 Å². The van der Waals surface area contributed by atoms with Crippen LogP contribution in [0.5, 0.6) is 17.2 Å². The summed E-state index contributed by atoms with van der Waals surface area (Å²) in [7, 11) is 5.09. The number of hydrogen-bond donors (Lipinski definition) is 1. The third-order valence-corrected chi connectivity index (χ3v) is 7.18. The molecular weight excluding hydrogens is 500 g/mol. The Morgan fingerprint density at radius 2 is 1.38 bits per heavy atom. The normalized spacial score (nSPS) is 13.0. The van der Waals surface area contributed by atoms with Gasteiger partial charge in [0.2, 0.25) is 0 Å². The van der Waals surface area contributed by atoms with Gasteiger partial charge in [-0.05, 0) is 91.3 Å². The lowest BCUT2D eigenvalue weighted by atomic mass is 9.88. The Bertz CT molecular complexity index is 1230. The first-order valence-corrected chi connectivity index (χ1v) is 13.9. The average Bonchev–Trinajstić information content (AvgIpc) is 2.96. The molecule has 1 aliphatic rings. The van der Waals surface area contributed by atoms with E-state index in [9.17, 15) is 0 Å². The van der Waals surface area contributed by atoms with Crippen LogP contribution in [0.25, 0.3) is 0 Å². The number of rotatable bonds is 15. The fraction of sp³-hybridized carbons (Fsp3) is 0.353. The first-order chi connectivity index (χ1) is 19.6. The minimum absolute atomic E-state index is 0.459. The van der Waals surface area contributed by atoms with Crippen LogP contribution < -0.4 is 19.5 Å². The lowest BCUT2D eigenvalue weighted by molar-refractivity contribution is 0.0770. The van der Waals surface area contributed by atoms with Crippen LogP contribution in [0.3, 0.4) is 0 Å². The lowest BCUT2D eigenvalue weighted by Crippen LogP contribution is -2.25. The Morgan fingerprint density at radius 1 is 0.775 bits per heavy atom. The summed E-state index contributed by atoms with van der Waals surface area (Å²) in [6, 6.07) is 24.7. The van der Waals surface area contributed by atoms with Gasteiger partial charge in [-0.25, -0.2) is 0 Å². The van der Waals surface area contributed by atoms with Gasteiger partial charge < -0.3 is 24.3 Å². The van der Waals surface area contributed by atoms with Crippen LogP contribution in [0.4, 0.5) is 0 Å². The molecule has 1 fully saturated rings. The molecule has 3 aromatic carbocycles. The van der Waals surface area contributed by atoms with Gasteiger partial charge in [0.1, 0.15) is 24.0 Å². The maximum atomic E-state index is 6.22. The molecule has 1 aliphatic carbocycles. The van der Waals surface area contributed by atoms with E-state index in [1.807, 2.05) is 42.7 Å². The largest absolute Gasteiger partial charge is 0.497 e. The zero-order chi connectivity index (χ0) is 28.2. The highest BCUT2D eigenvalue weighted by atomic mass is 16.5. The van der Waals surface area contributed by atoms with E-state index < -0.39 is 0 Å². The third kappa shape index (κ3) is 8.55. The van der Waals surface area contributed by atoms with Crippen molar-refractivity contribution in [3.63, 3.8) is 0 Å². The van der Waals surface area contributed by atoms with Crippen molar-refractivity contribution in [2.75, 3.05) is 34.6 Å². The van der Waals surface area contributed by atoms with Crippen molar-refractivity contribution in [1.82, 2.24) is 10.2 Å². The molecular formula is C34H42N2O4. The van der Waals surface area contributed by atoms with Crippen LogP contribution in [0.1, 0.15) is 42.9 Å². The summed E-state index contributed by atoms with van der Waals surface area (Å²) in [4.78, 5) is 2.28. The van der Waals surface area contributed by atoms with E-state index in [0.29, 0.717) is 6.73 Å². The summed E-state index contributed by atoms with van der Waals surface area (Å²) >= 11 is 0. The van der Waals surface area contributed by atoms with Gasteiger partial charge in [-0.3, -0.25) is 4.90 Å². The van der Waals surface area contributed by atoms with Crippen molar-refractivity contribution >= 4 is 0 Å². The number of nitrogens with zero attached hydrogens (tertiary/aromatic N) is 1. The van der Waals surface area contributed by atoms with Crippen LogP contribution in [-0.4, -0.2) is 39.5 Å². The lowest BCUT2D eigenvalue weighted by Gasteiger charge is -2.25. The van der Waals surface area contributed by atoms with Crippen molar-refractivity contribution in [1.29, 1.82) is 0 Å². The second-order valence-electron chi connectivity index (χ2n) is 10.1. The summed E-state index contributed by atoms with van der Waals surface area (Å²) in [5.74, 6) is 2.60. The molecule has 6 nitrogen and oxygen atoms in total. The topological polar surface area (TPSA) is 52.2 Å². The van der Waals surface area contributed by atoms with Gasteiger partial charge >= 0.3 is 0 Å². The number of allylic oxidation sites excluding steroid dienone is 2. The fourth-order valence-electron chi connectivity index (χ4n) is 4.80. The predicted octanol–water partition coefficient (Wildman–Crippen LogP) is 6.86. The Balaban J connectivity index is 1.40. The van der Waals surface area contributed by atoms with E-state index in [4.69, 9.17) is 18.9 Å². The van der Waals surface area contributed by atoms with Crippen LogP contribution in [0, 0.1) is 0 Å². The number of ether oxygens (including phenoxy) is 4. The summed E-state index contributed by atoms with van der Waals surface area (Å²) in [6.45, 7) is 4.93. The Morgan fingerprint density at radius 3 is 1.90 bits per heavy atom. The molecule has 40 heavy (non-hydrogen) atoms. The maximum absolute atomic E-state index is 6.22. The quantitative estimate of drug-likeness (QED) is 0.167. The predicted molar refractivity (Wildman–Crippen MR) is 161 cm³/mol. The van der Waals surface area contributed by atoms with Gasteiger partial charge in [-0.1, -0.05) is 36.4 Å².